The molecular weight excluding hydrogens is 326 g/mol. The molecule has 0 radical (unpaired) electrons. The van der Waals surface area contributed by atoms with Gasteiger partial charge in [0.25, 0.3) is 0 Å². The molecule has 0 atom stereocenters. The summed E-state index contributed by atoms with van der Waals surface area (Å²) in [4.78, 5) is 0. The highest BCUT2D eigenvalue weighted by Crippen LogP contribution is 2.35. The molecule has 5 aromatic rings. The van der Waals surface area contributed by atoms with Crippen molar-refractivity contribution in [3.05, 3.63) is 102 Å². The molecule has 0 aliphatic carbocycles. The van der Waals surface area contributed by atoms with Crippen LogP contribution in [0.2, 0.25) is 0 Å². The lowest BCUT2D eigenvalue weighted by Gasteiger charge is -2.11. The molecule has 0 saturated carbocycles. The van der Waals surface area contributed by atoms with E-state index in [2.05, 4.69) is 109 Å². The molecule has 1 heteroatoms. The van der Waals surface area contributed by atoms with Crippen LogP contribution < -0.4 is 0 Å². The molecule has 0 aliphatic heterocycles. The Morgan fingerprint density at radius 2 is 1.33 bits per heavy atom. The zero-order valence-electron chi connectivity index (χ0n) is 15.6. The van der Waals surface area contributed by atoms with Gasteiger partial charge in [-0.1, -0.05) is 66.7 Å². The molecule has 0 bridgehead atoms. The quantitative estimate of drug-likeness (QED) is 0.322. The predicted molar refractivity (Wildman–Crippen MR) is 116 cm³/mol. The van der Waals surface area contributed by atoms with E-state index in [1.165, 1.54) is 49.7 Å². The van der Waals surface area contributed by atoms with E-state index in [0.717, 1.165) is 0 Å². The second-order valence-electron chi connectivity index (χ2n) is 7.17. The van der Waals surface area contributed by atoms with Gasteiger partial charge in [-0.25, -0.2) is 0 Å². The number of rotatable bonds is 2. The smallest absolute Gasteiger partial charge is 0.0543 e. The molecule has 4 aromatic carbocycles. The largest absolute Gasteiger partial charge is 0.309 e. The van der Waals surface area contributed by atoms with Crippen molar-refractivity contribution in [2.45, 2.75) is 13.8 Å². The van der Waals surface area contributed by atoms with Gasteiger partial charge in [0, 0.05) is 16.5 Å². The van der Waals surface area contributed by atoms with Gasteiger partial charge in [0.1, 0.15) is 0 Å². The molecule has 0 N–H and O–H groups in total. The summed E-state index contributed by atoms with van der Waals surface area (Å²) in [6.07, 6.45) is 0. The van der Waals surface area contributed by atoms with Crippen molar-refractivity contribution < 1.29 is 0 Å². The molecule has 1 aromatic heterocycles. The fourth-order valence-corrected chi connectivity index (χ4v) is 4.07. The van der Waals surface area contributed by atoms with Crippen LogP contribution in [-0.4, -0.2) is 4.57 Å². The molecule has 0 amide bonds. The normalized spacial score (nSPS) is 11.3. The van der Waals surface area contributed by atoms with E-state index in [1.54, 1.807) is 0 Å². The first-order valence-corrected chi connectivity index (χ1v) is 9.39. The van der Waals surface area contributed by atoms with E-state index in [1.807, 2.05) is 0 Å². The molecule has 0 aliphatic rings. The van der Waals surface area contributed by atoms with Crippen molar-refractivity contribution in [2.24, 2.45) is 0 Å². The standard InChI is InChI=1S/C26H21N/c1-18-15-16-25-26(19(18)2)23-13-6-7-14-24(23)27(25)22-12-8-11-21(17-22)20-9-4-3-5-10-20/h3-17H,1-2H3. The summed E-state index contributed by atoms with van der Waals surface area (Å²) >= 11 is 0. The minimum atomic E-state index is 1.20. The molecule has 27 heavy (non-hydrogen) atoms. The van der Waals surface area contributed by atoms with Gasteiger partial charge in [-0.3, -0.25) is 0 Å². The van der Waals surface area contributed by atoms with Gasteiger partial charge in [-0.15, -0.1) is 0 Å². The van der Waals surface area contributed by atoms with Crippen molar-refractivity contribution in [3.63, 3.8) is 0 Å². The minimum Gasteiger partial charge on any atom is -0.309 e. The Hall–Kier alpha value is -3.32. The summed E-state index contributed by atoms with van der Waals surface area (Å²) in [7, 11) is 0. The zero-order chi connectivity index (χ0) is 18.4. The van der Waals surface area contributed by atoms with Gasteiger partial charge in [-0.05, 0) is 60.4 Å². The molecule has 0 fully saturated rings. The Kier molecular flexibility index (Phi) is 3.61. The predicted octanol–water partition coefficient (Wildman–Crippen LogP) is 7.07. The molecule has 1 heterocycles. The maximum Gasteiger partial charge on any atom is 0.0543 e. The van der Waals surface area contributed by atoms with Crippen LogP contribution >= 0.6 is 0 Å². The number of hydrogen-bond acceptors (Lipinski definition) is 0. The molecular formula is C26H21N. The van der Waals surface area contributed by atoms with Gasteiger partial charge in [0.2, 0.25) is 0 Å². The molecule has 0 spiro atoms. The first-order valence-electron chi connectivity index (χ1n) is 9.39. The number of fused-ring (bicyclic) bond motifs is 3. The Balaban J connectivity index is 1.85. The van der Waals surface area contributed by atoms with Gasteiger partial charge in [0.05, 0.1) is 11.0 Å². The Morgan fingerprint density at radius 3 is 2.19 bits per heavy atom. The minimum absolute atomic E-state index is 1.20. The number of aromatic nitrogens is 1. The molecule has 5 rings (SSSR count). The highest BCUT2D eigenvalue weighted by molar-refractivity contribution is 6.11. The van der Waals surface area contributed by atoms with Crippen LogP contribution in [0.4, 0.5) is 0 Å². The molecule has 0 saturated heterocycles. The fourth-order valence-electron chi connectivity index (χ4n) is 4.07. The van der Waals surface area contributed by atoms with Crippen molar-refractivity contribution >= 4 is 21.8 Å². The lowest BCUT2D eigenvalue weighted by atomic mass is 10.0. The van der Waals surface area contributed by atoms with Gasteiger partial charge >= 0.3 is 0 Å². The fraction of sp³-hybridized carbons (Fsp3) is 0.0769. The number of nitrogens with zero attached hydrogens (tertiary/aromatic N) is 1. The third kappa shape index (κ3) is 2.47. The third-order valence-electron chi connectivity index (χ3n) is 5.58. The van der Waals surface area contributed by atoms with Crippen molar-refractivity contribution in [1.29, 1.82) is 0 Å². The van der Waals surface area contributed by atoms with Crippen LogP contribution in [0.15, 0.2) is 91.0 Å². The number of benzene rings is 4. The topological polar surface area (TPSA) is 4.93 Å². The Morgan fingerprint density at radius 1 is 0.593 bits per heavy atom. The first-order chi connectivity index (χ1) is 13.2. The second-order valence-corrected chi connectivity index (χ2v) is 7.17. The highest BCUT2D eigenvalue weighted by Gasteiger charge is 2.14. The van der Waals surface area contributed by atoms with E-state index in [-0.39, 0.29) is 0 Å². The molecule has 130 valence electrons. The van der Waals surface area contributed by atoms with Gasteiger partial charge < -0.3 is 4.57 Å². The lowest BCUT2D eigenvalue weighted by Crippen LogP contribution is -1.94. The maximum absolute atomic E-state index is 2.39. The summed E-state index contributed by atoms with van der Waals surface area (Å²) in [5.41, 5.74) is 8.90. The van der Waals surface area contributed by atoms with Crippen LogP contribution in [0.25, 0.3) is 38.6 Å². The van der Waals surface area contributed by atoms with Crippen LogP contribution in [0.3, 0.4) is 0 Å². The van der Waals surface area contributed by atoms with E-state index in [4.69, 9.17) is 0 Å². The Bertz CT molecular complexity index is 1280. The van der Waals surface area contributed by atoms with Crippen molar-refractivity contribution in [3.8, 4) is 16.8 Å². The molecule has 0 unspecified atom stereocenters. The van der Waals surface area contributed by atoms with Crippen LogP contribution in [0.1, 0.15) is 11.1 Å². The lowest BCUT2D eigenvalue weighted by molar-refractivity contribution is 1.18. The number of para-hydroxylation sites is 1. The van der Waals surface area contributed by atoms with Crippen LogP contribution in [0.5, 0.6) is 0 Å². The third-order valence-corrected chi connectivity index (χ3v) is 5.58. The van der Waals surface area contributed by atoms with E-state index in [9.17, 15) is 0 Å². The summed E-state index contributed by atoms with van der Waals surface area (Å²) in [5, 5.41) is 2.68. The van der Waals surface area contributed by atoms with Gasteiger partial charge in [0.15, 0.2) is 0 Å². The van der Waals surface area contributed by atoms with Crippen LogP contribution in [0, 0.1) is 13.8 Å². The van der Waals surface area contributed by atoms with Gasteiger partial charge in [-0.2, -0.15) is 0 Å². The van der Waals surface area contributed by atoms with Crippen LogP contribution in [-0.2, 0) is 0 Å². The van der Waals surface area contributed by atoms with E-state index in [0.29, 0.717) is 0 Å². The van der Waals surface area contributed by atoms with Crippen molar-refractivity contribution in [2.75, 3.05) is 0 Å². The second kappa shape index (κ2) is 6.14. The zero-order valence-corrected chi connectivity index (χ0v) is 15.6. The summed E-state index contributed by atoms with van der Waals surface area (Å²) < 4.78 is 2.39. The van der Waals surface area contributed by atoms with E-state index >= 15 is 0 Å². The number of hydrogen-bond donors (Lipinski definition) is 0. The average molecular weight is 347 g/mol. The highest BCUT2D eigenvalue weighted by atomic mass is 15.0. The first kappa shape index (κ1) is 15.9. The van der Waals surface area contributed by atoms with E-state index < -0.39 is 0 Å². The molecule has 1 nitrogen and oxygen atoms in total. The monoisotopic (exact) mass is 347 g/mol. The maximum atomic E-state index is 2.39. The summed E-state index contributed by atoms with van der Waals surface area (Å²) in [5.74, 6) is 0. The summed E-state index contributed by atoms with van der Waals surface area (Å²) in [6.45, 7) is 4.42. The SMILES string of the molecule is Cc1ccc2c(c1C)c1ccccc1n2-c1cccc(-c2ccccc2)c1. The van der Waals surface area contributed by atoms with Crippen molar-refractivity contribution in [1.82, 2.24) is 4.57 Å². The number of aryl methyl sites for hydroxylation is 2. The summed E-state index contributed by atoms with van der Waals surface area (Å²) in [6, 6.07) is 32.6. The Labute approximate surface area is 159 Å². The average Bonchev–Trinajstić information content (AvgIpc) is 3.06.